The van der Waals surface area contributed by atoms with E-state index in [1.807, 2.05) is 31.2 Å². The molecule has 0 unspecified atom stereocenters. The number of carbonyl (C=O) groups excluding carboxylic acids is 1. The van der Waals surface area contributed by atoms with Gasteiger partial charge in [-0.1, -0.05) is 25.1 Å². The van der Waals surface area contributed by atoms with Crippen LogP contribution in [0.5, 0.6) is 0 Å². The van der Waals surface area contributed by atoms with Gasteiger partial charge in [0.1, 0.15) is 0 Å². The lowest BCUT2D eigenvalue weighted by molar-refractivity contribution is 0.102. The van der Waals surface area contributed by atoms with Crippen LogP contribution in [0.4, 0.5) is 11.4 Å². The number of aryl methyl sites for hydroxylation is 1. The van der Waals surface area contributed by atoms with Crippen LogP contribution in [0.1, 0.15) is 28.4 Å². The van der Waals surface area contributed by atoms with Crippen molar-refractivity contribution in [3.63, 3.8) is 0 Å². The minimum absolute atomic E-state index is 0.294. The molecule has 0 aliphatic rings. The van der Waals surface area contributed by atoms with E-state index < -0.39 is 10.0 Å². The van der Waals surface area contributed by atoms with Crippen molar-refractivity contribution >= 4 is 27.3 Å². The Morgan fingerprint density at radius 2 is 1.88 bits per heavy atom. The number of carbonyl (C=O) groups is 1. The number of rotatable bonds is 7. The molecule has 134 valence electrons. The smallest absolute Gasteiger partial charge is 0.255 e. The van der Waals surface area contributed by atoms with Crippen LogP contribution in [0.15, 0.2) is 42.5 Å². The van der Waals surface area contributed by atoms with Crippen LogP contribution in [0.3, 0.4) is 0 Å². The van der Waals surface area contributed by atoms with E-state index in [4.69, 9.17) is 0 Å². The average molecular weight is 361 g/mol. The van der Waals surface area contributed by atoms with Gasteiger partial charge in [-0.2, -0.15) is 0 Å². The molecule has 0 fully saturated rings. The minimum atomic E-state index is -3.40. The number of sulfonamides is 1. The SMILES string of the molecule is CCNCc1cccc(NC(=O)c2ccc(C)c(NS(C)(=O)=O)c2)c1. The summed E-state index contributed by atoms with van der Waals surface area (Å²) in [5.41, 5.74) is 3.29. The van der Waals surface area contributed by atoms with E-state index in [2.05, 4.69) is 15.4 Å². The molecule has 7 heteroatoms. The Bertz CT molecular complexity index is 864. The molecule has 3 N–H and O–H groups in total. The van der Waals surface area contributed by atoms with Crippen LogP contribution < -0.4 is 15.4 Å². The summed E-state index contributed by atoms with van der Waals surface area (Å²) in [5, 5.41) is 6.07. The maximum Gasteiger partial charge on any atom is 0.255 e. The van der Waals surface area contributed by atoms with Gasteiger partial charge in [0.25, 0.3) is 5.91 Å². The van der Waals surface area contributed by atoms with Gasteiger partial charge in [0.15, 0.2) is 0 Å². The van der Waals surface area contributed by atoms with E-state index in [1.165, 1.54) is 6.07 Å². The largest absolute Gasteiger partial charge is 0.322 e. The number of hydrogen-bond acceptors (Lipinski definition) is 4. The predicted octanol–water partition coefficient (Wildman–Crippen LogP) is 2.73. The summed E-state index contributed by atoms with van der Waals surface area (Å²) in [6.45, 7) is 5.41. The van der Waals surface area contributed by atoms with Crippen molar-refractivity contribution < 1.29 is 13.2 Å². The summed E-state index contributed by atoms with van der Waals surface area (Å²) in [6.07, 6.45) is 1.08. The van der Waals surface area contributed by atoms with E-state index in [0.29, 0.717) is 16.9 Å². The van der Waals surface area contributed by atoms with Crippen LogP contribution in [-0.4, -0.2) is 27.1 Å². The van der Waals surface area contributed by atoms with E-state index in [0.717, 1.165) is 30.5 Å². The Hall–Kier alpha value is -2.38. The van der Waals surface area contributed by atoms with Crippen molar-refractivity contribution in [2.45, 2.75) is 20.4 Å². The Morgan fingerprint density at radius 1 is 1.12 bits per heavy atom. The Balaban J connectivity index is 2.17. The van der Waals surface area contributed by atoms with Crippen LogP contribution in [0.2, 0.25) is 0 Å². The van der Waals surface area contributed by atoms with Crippen molar-refractivity contribution in [3.8, 4) is 0 Å². The third kappa shape index (κ3) is 5.88. The van der Waals surface area contributed by atoms with E-state index in [9.17, 15) is 13.2 Å². The summed E-state index contributed by atoms with van der Waals surface area (Å²) in [7, 11) is -3.40. The van der Waals surface area contributed by atoms with Gasteiger partial charge in [-0.15, -0.1) is 0 Å². The Morgan fingerprint density at radius 3 is 2.56 bits per heavy atom. The standard InChI is InChI=1S/C18H23N3O3S/c1-4-19-12-14-6-5-7-16(10-14)20-18(22)15-9-8-13(2)17(11-15)21-25(3,23)24/h5-11,19,21H,4,12H2,1-3H3,(H,20,22). The second kappa shape index (κ2) is 8.13. The first-order chi connectivity index (χ1) is 11.8. The van der Waals surface area contributed by atoms with Gasteiger partial charge in [0.2, 0.25) is 10.0 Å². The Labute approximate surface area is 148 Å². The molecular formula is C18H23N3O3S. The molecule has 0 spiro atoms. The number of nitrogens with one attached hydrogen (secondary N) is 3. The van der Waals surface area contributed by atoms with Crippen LogP contribution in [0.25, 0.3) is 0 Å². The minimum Gasteiger partial charge on any atom is -0.322 e. The molecule has 25 heavy (non-hydrogen) atoms. The van der Waals surface area contributed by atoms with Crippen molar-refractivity contribution in [1.82, 2.24) is 5.32 Å². The third-order valence-electron chi connectivity index (χ3n) is 3.56. The van der Waals surface area contributed by atoms with E-state index in [1.54, 1.807) is 19.1 Å². The summed E-state index contributed by atoms with van der Waals surface area (Å²) >= 11 is 0. The first kappa shape index (κ1) is 19.0. The highest BCUT2D eigenvalue weighted by Crippen LogP contribution is 2.19. The molecule has 0 radical (unpaired) electrons. The maximum atomic E-state index is 12.5. The van der Waals surface area contributed by atoms with Gasteiger partial charge in [0.05, 0.1) is 11.9 Å². The molecule has 0 aromatic heterocycles. The van der Waals surface area contributed by atoms with Gasteiger partial charge < -0.3 is 10.6 Å². The third-order valence-corrected chi connectivity index (χ3v) is 4.15. The molecule has 2 aromatic rings. The van der Waals surface area contributed by atoms with Gasteiger partial charge in [-0.25, -0.2) is 8.42 Å². The van der Waals surface area contributed by atoms with Crippen molar-refractivity contribution in [2.75, 3.05) is 22.8 Å². The normalized spacial score (nSPS) is 11.2. The second-order valence-corrected chi connectivity index (χ2v) is 7.59. The summed E-state index contributed by atoms with van der Waals surface area (Å²) in [6, 6.07) is 12.5. The van der Waals surface area contributed by atoms with E-state index >= 15 is 0 Å². The predicted molar refractivity (Wildman–Crippen MR) is 101 cm³/mol. The average Bonchev–Trinajstić information content (AvgIpc) is 2.54. The lowest BCUT2D eigenvalue weighted by atomic mass is 10.1. The highest BCUT2D eigenvalue weighted by molar-refractivity contribution is 7.92. The van der Waals surface area contributed by atoms with E-state index in [-0.39, 0.29) is 5.91 Å². The molecule has 0 heterocycles. The van der Waals surface area contributed by atoms with Crippen LogP contribution in [-0.2, 0) is 16.6 Å². The molecular weight excluding hydrogens is 338 g/mol. The summed E-state index contributed by atoms with van der Waals surface area (Å²) in [4.78, 5) is 12.5. The van der Waals surface area contributed by atoms with Crippen molar-refractivity contribution in [3.05, 3.63) is 59.2 Å². The van der Waals surface area contributed by atoms with Crippen LogP contribution >= 0.6 is 0 Å². The first-order valence-electron chi connectivity index (χ1n) is 7.98. The molecule has 0 aliphatic carbocycles. The maximum absolute atomic E-state index is 12.5. The van der Waals surface area contributed by atoms with Gasteiger partial charge in [0, 0.05) is 17.8 Å². The topological polar surface area (TPSA) is 87.3 Å². The molecule has 0 saturated heterocycles. The van der Waals surface area contributed by atoms with Crippen LogP contribution in [0, 0.1) is 6.92 Å². The molecule has 0 aliphatic heterocycles. The first-order valence-corrected chi connectivity index (χ1v) is 9.87. The molecule has 1 amide bonds. The molecule has 6 nitrogen and oxygen atoms in total. The number of hydrogen-bond donors (Lipinski definition) is 3. The fourth-order valence-electron chi connectivity index (χ4n) is 2.30. The molecule has 0 bridgehead atoms. The highest BCUT2D eigenvalue weighted by atomic mass is 32.2. The van der Waals surface area contributed by atoms with Gasteiger partial charge >= 0.3 is 0 Å². The highest BCUT2D eigenvalue weighted by Gasteiger charge is 2.11. The summed E-state index contributed by atoms with van der Waals surface area (Å²) < 4.78 is 25.3. The zero-order chi connectivity index (χ0) is 18.4. The molecule has 2 rings (SSSR count). The lowest BCUT2D eigenvalue weighted by Crippen LogP contribution is -2.15. The zero-order valence-electron chi connectivity index (χ0n) is 14.6. The number of benzene rings is 2. The zero-order valence-corrected chi connectivity index (χ0v) is 15.4. The number of anilines is 2. The molecule has 0 atom stereocenters. The fraction of sp³-hybridized carbons (Fsp3) is 0.278. The van der Waals surface area contributed by atoms with Gasteiger partial charge in [-0.05, 0) is 48.9 Å². The Kier molecular flexibility index (Phi) is 6.17. The quantitative estimate of drug-likeness (QED) is 0.708. The van der Waals surface area contributed by atoms with Crippen molar-refractivity contribution in [2.24, 2.45) is 0 Å². The fourth-order valence-corrected chi connectivity index (χ4v) is 2.92. The molecule has 2 aromatic carbocycles. The van der Waals surface area contributed by atoms with Crippen molar-refractivity contribution in [1.29, 1.82) is 0 Å². The number of amides is 1. The van der Waals surface area contributed by atoms with Gasteiger partial charge in [-0.3, -0.25) is 9.52 Å². The summed E-state index contributed by atoms with van der Waals surface area (Å²) in [5.74, 6) is -0.294. The second-order valence-electron chi connectivity index (χ2n) is 5.84. The molecule has 0 saturated carbocycles. The lowest BCUT2D eigenvalue weighted by Gasteiger charge is -2.11. The monoisotopic (exact) mass is 361 g/mol.